The van der Waals surface area contributed by atoms with E-state index in [1.54, 1.807) is 11.9 Å². The molecule has 2 aliphatic rings. The van der Waals surface area contributed by atoms with Crippen molar-refractivity contribution in [2.75, 3.05) is 33.8 Å². The van der Waals surface area contributed by atoms with Gasteiger partial charge < -0.3 is 34.4 Å². The van der Waals surface area contributed by atoms with Crippen LogP contribution in [-0.4, -0.2) is 78.6 Å². The third-order valence-electron chi connectivity index (χ3n) is 7.54. The molecule has 0 unspecified atom stereocenters. The van der Waals surface area contributed by atoms with Crippen LogP contribution in [0.4, 0.5) is 0 Å². The molecule has 0 aliphatic carbocycles. The van der Waals surface area contributed by atoms with Gasteiger partial charge in [0.15, 0.2) is 11.5 Å². The lowest BCUT2D eigenvalue weighted by atomic mass is 10.00. The van der Waals surface area contributed by atoms with Gasteiger partial charge in [-0.1, -0.05) is 24.3 Å². The van der Waals surface area contributed by atoms with Gasteiger partial charge in [-0.05, 0) is 66.4 Å². The number of rotatable bonds is 2. The Hall–Kier alpha value is -4.57. The van der Waals surface area contributed by atoms with Crippen molar-refractivity contribution < 1.29 is 33.7 Å². The molecule has 0 radical (unpaired) electrons. The number of benzene rings is 3. The van der Waals surface area contributed by atoms with Crippen molar-refractivity contribution in [2.45, 2.75) is 38.0 Å². The molecule has 0 aromatic heterocycles. The average molecular weight is 574 g/mol. The zero-order valence-corrected chi connectivity index (χ0v) is 23.7. The Kier molecular flexibility index (Phi) is 8.92. The number of amides is 3. The fourth-order valence-electron chi connectivity index (χ4n) is 5.25. The molecule has 0 spiro atoms. The molecule has 5 rings (SSSR count). The third kappa shape index (κ3) is 7.01. The number of likely N-dealkylation sites (N-methyl/N-ethyl adjacent to an activating group) is 1. The molecule has 2 aliphatic heterocycles. The Labute approximate surface area is 244 Å². The molecule has 3 aromatic carbocycles. The minimum Gasteiger partial charge on any atom is -0.504 e. The van der Waals surface area contributed by atoms with Crippen LogP contribution in [-0.2, 0) is 27.4 Å². The first-order chi connectivity index (χ1) is 20.3. The summed E-state index contributed by atoms with van der Waals surface area (Å²) in [5.41, 5.74) is 2.23. The van der Waals surface area contributed by atoms with E-state index in [0.717, 1.165) is 11.1 Å². The van der Waals surface area contributed by atoms with Crippen LogP contribution >= 0.6 is 0 Å². The number of piperidine rings is 1. The third-order valence-corrected chi connectivity index (χ3v) is 7.54. The molecular weight excluding hydrogens is 538 g/mol. The number of hydrogen-bond donors (Lipinski definition) is 2. The highest BCUT2D eigenvalue weighted by Crippen LogP contribution is 2.28. The van der Waals surface area contributed by atoms with Gasteiger partial charge in [0.25, 0.3) is 5.91 Å². The van der Waals surface area contributed by atoms with Gasteiger partial charge in [-0.2, -0.15) is 0 Å². The number of nitrogens with zero attached hydrogens (tertiary/aromatic N) is 2. The van der Waals surface area contributed by atoms with Crippen molar-refractivity contribution >= 4 is 17.7 Å². The van der Waals surface area contributed by atoms with E-state index >= 15 is 0 Å². The predicted octanol–water partition coefficient (Wildman–Crippen LogP) is 3.51. The molecule has 4 bridgehead atoms. The van der Waals surface area contributed by atoms with E-state index in [-0.39, 0.29) is 61.4 Å². The van der Waals surface area contributed by atoms with Crippen LogP contribution in [0, 0.1) is 0 Å². The molecule has 1 saturated heterocycles. The Morgan fingerprint density at radius 3 is 2.50 bits per heavy atom. The summed E-state index contributed by atoms with van der Waals surface area (Å²) in [6.45, 7) is 0.803. The van der Waals surface area contributed by atoms with Gasteiger partial charge in [-0.25, -0.2) is 0 Å². The maximum Gasteiger partial charge on any atom is 0.254 e. The van der Waals surface area contributed by atoms with Crippen LogP contribution in [0.1, 0.15) is 34.3 Å². The first kappa shape index (κ1) is 28.9. The van der Waals surface area contributed by atoms with Crippen molar-refractivity contribution in [1.82, 2.24) is 15.1 Å². The number of aromatic hydroxyl groups is 1. The molecular formula is C32H35N3O7. The van der Waals surface area contributed by atoms with E-state index in [0.29, 0.717) is 36.4 Å². The Balaban J connectivity index is 1.37. The quantitative estimate of drug-likeness (QED) is 0.482. The summed E-state index contributed by atoms with van der Waals surface area (Å²) in [6, 6.07) is 19.2. The van der Waals surface area contributed by atoms with Crippen molar-refractivity contribution in [3.05, 3.63) is 83.4 Å². The number of carbonyl (C=O) groups is 3. The van der Waals surface area contributed by atoms with Crippen molar-refractivity contribution in [1.29, 1.82) is 0 Å². The average Bonchev–Trinajstić information content (AvgIpc) is 2.99. The zero-order valence-electron chi connectivity index (χ0n) is 23.7. The number of nitrogens with one attached hydrogen (secondary N) is 1. The number of hydrogen-bond acceptors (Lipinski definition) is 7. The largest absolute Gasteiger partial charge is 0.504 e. The van der Waals surface area contributed by atoms with Crippen LogP contribution < -0.4 is 14.8 Å². The van der Waals surface area contributed by atoms with Gasteiger partial charge in [-0.3, -0.25) is 14.4 Å². The van der Waals surface area contributed by atoms with E-state index in [9.17, 15) is 19.5 Å². The number of fused-ring (bicyclic) bond motifs is 5. The maximum absolute atomic E-state index is 13.4. The minimum absolute atomic E-state index is 0.0569. The molecule has 3 amide bonds. The molecule has 10 nitrogen and oxygen atoms in total. The van der Waals surface area contributed by atoms with E-state index < -0.39 is 6.04 Å². The lowest BCUT2D eigenvalue weighted by Gasteiger charge is -2.39. The SMILES string of the molecule is COc1cc(C(=O)N2CC[C@H]3OCc4cccc(c4)Oc4cccc(c4)CCC(=O)N(C)CC(=O)N[C@H]3C2)ccc1O. The topological polar surface area (TPSA) is 118 Å². The van der Waals surface area contributed by atoms with Gasteiger partial charge in [0, 0.05) is 32.1 Å². The number of carbonyl (C=O) groups excluding carboxylic acids is 3. The van der Waals surface area contributed by atoms with Crippen LogP contribution in [0.2, 0.25) is 0 Å². The van der Waals surface area contributed by atoms with Crippen molar-refractivity contribution in [3.63, 3.8) is 0 Å². The molecule has 42 heavy (non-hydrogen) atoms. The summed E-state index contributed by atoms with van der Waals surface area (Å²) in [5.74, 6) is 0.757. The van der Waals surface area contributed by atoms with Crippen LogP contribution in [0.3, 0.4) is 0 Å². The predicted molar refractivity (Wildman–Crippen MR) is 155 cm³/mol. The standard InChI is InChI=1S/C32H35N3O7/c1-34-19-30(37)33-26-18-35(32(39)23-10-11-27(36)29(17-23)40-2)14-13-28(26)41-20-22-6-4-8-25(16-22)42-24-7-3-5-21(15-24)9-12-31(34)38/h3-8,10-11,15-17,26,28,36H,9,12-14,18-20H2,1-2H3,(H,33,37)/t26-,28+/m0/s1. The summed E-state index contributed by atoms with van der Waals surface area (Å²) in [6.07, 6.45) is 0.882. The fourth-order valence-corrected chi connectivity index (χ4v) is 5.25. The number of phenolic OH excluding ortho intramolecular Hbond substituents is 1. The summed E-state index contributed by atoms with van der Waals surface area (Å²) in [4.78, 5) is 42.4. The van der Waals surface area contributed by atoms with Crippen LogP contribution in [0.5, 0.6) is 23.0 Å². The molecule has 0 saturated carbocycles. The Morgan fingerprint density at radius 2 is 1.74 bits per heavy atom. The summed E-state index contributed by atoms with van der Waals surface area (Å²) < 4.78 is 17.6. The van der Waals surface area contributed by atoms with Crippen LogP contribution in [0.25, 0.3) is 0 Å². The van der Waals surface area contributed by atoms with Crippen molar-refractivity contribution in [3.8, 4) is 23.0 Å². The summed E-state index contributed by atoms with van der Waals surface area (Å²) >= 11 is 0. The zero-order chi connectivity index (χ0) is 29.6. The fraction of sp³-hybridized carbons (Fsp3) is 0.344. The lowest BCUT2D eigenvalue weighted by Crippen LogP contribution is -2.58. The highest BCUT2D eigenvalue weighted by atomic mass is 16.5. The van der Waals surface area contributed by atoms with Gasteiger partial charge in [0.2, 0.25) is 11.8 Å². The minimum atomic E-state index is -0.504. The van der Waals surface area contributed by atoms with Crippen LogP contribution in [0.15, 0.2) is 66.7 Å². The number of likely N-dealkylation sites (tertiary alicyclic amines) is 1. The molecule has 220 valence electrons. The van der Waals surface area contributed by atoms with E-state index in [1.807, 2.05) is 48.5 Å². The lowest BCUT2D eigenvalue weighted by molar-refractivity contribution is -0.135. The number of ether oxygens (including phenoxy) is 3. The first-order valence-corrected chi connectivity index (χ1v) is 14.0. The van der Waals surface area contributed by atoms with Gasteiger partial charge in [0.05, 0.1) is 32.4 Å². The molecule has 3 aromatic rings. The highest BCUT2D eigenvalue weighted by Gasteiger charge is 2.34. The molecule has 2 N–H and O–H groups in total. The summed E-state index contributed by atoms with van der Waals surface area (Å²) in [5, 5.41) is 12.9. The van der Waals surface area contributed by atoms with Gasteiger partial charge in [0.1, 0.15) is 11.5 Å². The highest BCUT2D eigenvalue weighted by molar-refractivity contribution is 5.95. The van der Waals surface area contributed by atoms with E-state index in [4.69, 9.17) is 14.2 Å². The molecule has 1 fully saturated rings. The second-order valence-electron chi connectivity index (χ2n) is 10.6. The number of aryl methyl sites for hydroxylation is 1. The number of methoxy groups -OCH3 is 1. The Morgan fingerprint density at radius 1 is 1.00 bits per heavy atom. The molecule has 2 heterocycles. The molecule has 10 heteroatoms. The Bertz CT molecular complexity index is 1460. The normalized spacial score (nSPS) is 20.0. The number of phenols is 1. The van der Waals surface area contributed by atoms with Gasteiger partial charge in [-0.15, -0.1) is 0 Å². The van der Waals surface area contributed by atoms with Crippen molar-refractivity contribution in [2.24, 2.45) is 0 Å². The van der Waals surface area contributed by atoms with Gasteiger partial charge >= 0.3 is 0 Å². The second-order valence-corrected chi connectivity index (χ2v) is 10.6. The van der Waals surface area contributed by atoms with E-state index in [1.165, 1.54) is 30.2 Å². The van der Waals surface area contributed by atoms with E-state index in [2.05, 4.69) is 5.32 Å². The smallest absolute Gasteiger partial charge is 0.254 e. The molecule has 2 atom stereocenters. The first-order valence-electron chi connectivity index (χ1n) is 14.0. The monoisotopic (exact) mass is 573 g/mol. The second kappa shape index (κ2) is 12.9. The maximum atomic E-state index is 13.4. The summed E-state index contributed by atoms with van der Waals surface area (Å²) in [7, 11) is 3.03.